The number of amides is 1. The maximum atomic E-state index is 12.1. The van der Waals surface area contributed by atoms with E-state index in [2.05, 4.69) is 27.8 Å². The van der Waals surface area contributed by atoms with Crippen molar-refractivity contribution in [3.8, 4) is 11.8 Å². The smallest absolute Gasteiger partial charge is 0.318 e. The maximum absolute atomic E-state index is 12.1. The van der Waals surface area contributed by atoms with Crippen molar-refractivity contribution in [2.24, 2.45) is 0 Å². The van der Waals surface area contributed by atoms with Gasteiger partial charge in [0.15, 0.2) is 0 Å². The molecule has 0 saturated carbocycles. The van der Waals surface area contributed by atoms with Crippen molar-refractivity contribution in [1.82, 2.24) is 20.2 Å². The molecule has 0 aliphatic carbocycles. The van der Waals surface area contributed by atoms with Gasteiger partial charge in [-0.2, -0.15) is 9.97 Å². The molecule has 38 heavy (non-hydrogen) atoms. The number of rotatable bonds is 5. The number of fused-ring (bicyclic) bond motifs is 2. The van der Waals surface area contributed by atoms with E-state index in [4.69, 9.17) is 14.7 Å². The maximum Gasteiger partial charge on any atom is 0.318 e. The number of piperidine rings is 1. The molecule has 6 rings (SSSR count). The molecule has 2 N–H and O–H groups in total. The molecule has 1 aromatic heterocycles. The van der Waals surface area contributed by atoms with Crippen LogP contribution in [0.3, 0.4) is 0 Å². The number of carbonyl (C=O) groups is 1. The minimum absolute atomic E-state index is 0.0294. The largest absolute Gasteiger partial charge is 0.508 e. The first-order valence-electron chi connectivity index (χ1n) is 13.5. The normalized spacial score (nSPS) is 18.4. The summed E-state index contributed by atoms with van der Waals surface area (Å²) >= 11 is 0. The van der Waals surface area contributed by atoms with Crippen LogP contribution < -0.4 is 19.9 Å². The fourth-order valence-corrected chi connectivity index (χ4v) is 5.78. The molecule has 0 bridgehead atoms. The van der Waals surface area contributed by atoms with Gasteiger partial charge in [0.2, 0.25) is 5.91 Å². The summed E-state index contributed by atoms with van der Waals surface area (Å²) in [6, 6.07) is 12.2. The van der Waals surface area contributed by atoms with Gasteiger partial charge in [-0.15, -0.1) is 0 Å². The van der Waals surface area contributed by atoms with Crippen molar-refractivity contribution in [3.05, 3.63) is 60.3 Å². The van der Waals surface area contributed by atoms with Gasteiger partial charge in [0.25, 0.3) is 0 Å². The molecule has 2 saturated heterocycles. The fourth-order valence-electron chi connectivity index (χ4n) is 5.78. The average Bonchev–Trinajstić information content (AvgIpc) is 2.96. The van der Waals surface area contributed by atoms with Crippen LogP contribution in [0.1, 0.15) is 24.1 Å². The second kappa shape index (κ2) is 10.5. The van der Waals surface area contributed by atoms with Crippen molar-refractivity contribution >= 4 is 28.2 Å². The molecular weight excluding hydrogens is 480 g/mol. The van der Waals surface area contributed by atoms with E-state index >= 15 is 0 Å². The number of aromatic hydroxyl groups is 1. The number of aromatic nitrogens is 2. The monoisotopic (exact) mass is 514 g/mol. The van der Waals surface area contributed by atoms with E-state index in [1.165, 1.54) is 6.08 Å². The Kier molecular flexibility index (Phi) is 6.76. The van der Waals surface area contributed by atoms with Gasteiger partial charge in [-0.25, -0.2) is 0 Å². The molecule has 2 fully saturated rings. The zero-order chi connectivity index (χ0) is 26.1. The summed E-state index contributed by atoms with van der Waals surface area (Å²) in [5.74, 6) is 1.15. The Bertz CT molecular complexity index is 1350. The molecule has 4 heterocycles. The van der Waals surface area contributed by atoms with Crippen LogP contribution in [0.15, 0.2) is 49.1 Å². The van der Waals surface area contributed by atoms with Gasteiger partial charge in [-0.05, 0) is 49.9 Å². The van der Waals surface area contributed by atoms with Gasteiger partial charge in [-0.1, -0.05) is 30.8 Å². The lowest BCUT2D eigenvalue weighted by atomic mass is 10.0. The van der Waals surface area contributed by atoms with Gasteiger partial charge < -0.3 is 29.9 Å². The molecule has 1 amide bonds. The van der Waals surface area contributed by atoms with Crippen LogP contribution in [0.2, 0.25) is 0 Å². The highest BCUT2D eigenvalue weighted by atomic mass is 16.5. The van der Waals surface area contributed by atoms with Gasteiger partial charge >= 0.3 is 6.01 Å². The lowest BCUT2D eigenvalue weighted by Gasteiger charge is -2.38. The number of carbonyl (C=O) groups excluding carboxylic acids is 1. The number of ether oxygens (including phenoxy) is 1. The summed E-state index contributed by atoms with van der Waals surface area (Å²) in [7, 11) is 0. The van der Waals surface area contributed by atoms with E-state index in [9.17, 15) is 9.90 Å². The number of benzene rings is 2. The predicted octanol–water partition coefficient (Wildman–Crippen LogP) is 2.86. The summed E-state index contributed by atoms with van der Waals surface area (Å²) in [5, 5.41) is 15.9. The Hall–Kier alpha value is -3.85. The van der Waals surface area contributed by atoms with Crippen LogP contribution in [0.5, 0.6) is 11.8 Å². The molecule has 0 unspecified atom stereocenters. The summed E-state index contributed by atoms with van der Waals surface area (Å²) in [6.07, 6.45) is 4.12. The first-order valence-corrected chi connectivity index (χ1v) is 13.5. The lowest BCUT2D eigenvalue weighted by Crippen LogP contribution is -2.49. The van der Waals surface area contributed by atoms with Crippen molar-refractivity contribution in [1.29, 1.82) is 0 Å². The minimum Gasteiger partial charge on any atom is -0.508 e. The van der Waals surface area contributed by atoms with E-state index in [1.807, 2.05) is 29.2 Å². The van der Waals surface area contributed by atoms with Crippen LogP contribution in [0, 0.1) is 0 Å². The molecule has 0 atom stereocenters. The van der Waals surface area contributed by atoms with Gasteiger partial charge in [0, 0.05) is 55.4 Å². The summed E-state index contributed by atoms with van der Waals surface area (Å²) in [5.41, 5.74) is 3.11. The van der Waals surface area contributed by atoms with Gasteiger partial charge in [0.05, 0.1) is 12.2 Å². The Morgan fingerprint density at radius 1 is 1.05 bits per heavy atom. The number of nitrogens with one attached hydrogen (secondary N) is 1. The van der Waals surface area contributed by atoms with E-state index < -0.39 is 0 Å². The summed E-state index contributed by atoms with van der Waals surface area (Å²) < 4.78 is 6.33. The van der Waals surface area contributed by atoms with E-state index in [1.54, 1.807) is 6.07 Å². The highest BCUT2D eigenvalue weighted by molar-refractivity contribution is 5.95. The van der Waals surface area contributed by atoms with Crippen molar-refractivity contribution in [2.45, 2.75) is 31.9 Å². The fraction of sp³-hybridized carbons (Fsp3) is 0.414. The average molecular weight is 515 g/mol. The molecule has 9 nitrogen and oxygen atoms in total. The van der Waals surface area contributed by atoms with Crippen LogP contribution in [0.25, 0.3) is 10.8 Å². The van der Waals surface area contributed by atoms with Gasteiger partial charge in [-0.3, -0.25) is 4.79 Å². The third kappa shape index (κ3) is 4.86. The molecule has 198 valence electrons. The number of nitrogens with zero attached hydrogens (tertiary/aromatic N) is 5. The third-order valence-electron chi connectivity index (χ3n) is 7.81. The zero-order valence-electron chi connectivity index (χ0n) is 21.6. The number of hydrogen-bond acceptors (Lipinski definition) is 8. The Labute approximate surface area is 222 Å². The summed E-state index contributed by atoms with van der Waals surface area (Å²) in [6.45, 7) is 9.57. The van der Waals surface area contributed by atoms with Crippen molar-refractivity contribution in [3.63, 3.8) is 0 Å². The number of phenolic OH excluding ortho intramolecular Hbond substituents is 1. The Morgan fingerprint density at radius 3 is 2.63 bits per heavy atom. The molecule has 9 heteroatoms. The first kappa shape index (κ1) is 24.5. The quantitative estimate of drug-likeness (QED) is 0.502. The number of hydrogen-bond donors (Lipinski definition) is 2. The number of piperazine rings is 1. The highest BCUT2D eigenvalue weighted by Crippen LogP contribution is 2.36. The Morgan fingerprint density at radius 2 is 1.84 bits per heavy atom. The topological polar surface area (TPSA) is 94.1 Å². The number of anilines is 2. The predicted molar refractivity (Wildman–Crippen MR) is 148 cm³/mol. The second-order valence-corrected chi connectivity index (χ2v) is 10.2. The molecular formula is C29H34N6O3. The van der Waals surface area contributed by atoms with Crippen LogP contribution in [-0.4, -0.2) is 77.8 Å². The van der Waals surface area contributed by atoms with Crippen LogP contribution >= 0.6 is 0 Å². The molecule has 3 aliphatic heterocycles. The Balaban J connectivity index is 1.33. The van der Waals surface area contributed by atoms with Crippen LogP contribution in [0.4, 0.5) is 11.5 Å². The number of phenols is 1. The lowest BCUT2D eigenvalue weighted by molar-refractivity contribution is -0.126. The molecule has 2 aromatic carbocycles. The first-order chi connectivity index (χ1) is 18.6. The van der Waals surface area contributed by atoms with E-state index in [0.717, 1.165) is 72.4 Å². The van der Waals surface area contributed by atoms with E-state index in [-0.39, 0.29) is 17.8 Å². The van der Waals surface area contributed by atoms with Crippen LogP contribution in [-0.2, 0) is 17.8 Å². The van der Waals surface area contributed by atoms with E-state index in [0.29, 0.717) is 38.7 Å². The zero-order valence-corrected chi connectivity index (χ0v) is 21.6. The molecule has 0 spiro atoms. The van der Waals surface area contributed by atoms with Crippen molar-refractivity contribution < 1.29 is 14.6 Å². The standard InChI is InChI=1S/C29H34N6O3/c1-2-27(37)33-13-15-34(16-14-33)28-24-9-12-35(26-18-21(36)17-20-5-3-4-6-23(20)26)19-25(24)31-29(32-28)38-22-7-10-30-11-8-22/h2-6,17-18,22,30,36H,1,7-16,19H2. The molecule has 0 radical (unpaired) electrons. The van der Waals surface area contributed by atoms with Gasteiger partial charge in [0.1, 0.15) is 17.7 Å². The highest BCUT2D eigenvalue weighted by Gasteiger charge is 2.29. The minimum atomic E-state index is -0.0294. The molecule has 3 aliphatic rings. The third-order valence-corrected chi connectivity index (χ3v) is 7.81. The summed E-state index contributed by atoms with van der Waals surface area (Å²) in [4.78, 5) is 28.4. The second-order valence-electron chi connectivity index (χ2n) is 10.2. The van der Waals surface area contributed by atoms with Crippen molar-refractivity contribution in [2.75, 3.05) is 55.6 Å². The SMILES string of the molecule is C=CC(=O)N1CCN(c2nc(OC3CCNCC3)nc3c2CCN(c2cc(O)cc4ccccc24)C3)CC1. The molecule has 3 aromatic rings.